The van der Waals surface area contributed by atoms with Crippen LogP contribution in [-0.4, -0.2) is 90.2 Å². The Bertz CT molecular complexity index is 1220. The Morgan fingerprint density at radius 2 is 1.92 bits per heavy atom. The molecule has 0 radical (unpaired) electrons. The summed E-state index contributed by atoms with van der Waals surface area (Å²) in [6.07, 6.45) is 2.46. The Morgan fingerprint density at radius 3 is 2.67 bits per heavy atom. The van der Waals surface area contributed by atoms with Gasteiger partial charge in [0, 0.05) is 49.9 Å². The summed E-state index contributed by atoms with van der Waals surface area (Å²) in [5, 5.41) is 3.53. The first-order valence-electron chi connectivity index (χ1n) is 13.9. The lowest BCUT2D eigenvalue weighted by Crippen LogP contribution is -2.63. The highest BCUT2D eigenvalue weighted by Crippen LogP contribution is 2.39. The lowest BCUT2D eigenvalue weighted by molar-refractivity contribution is -0.156. The van der Waals surface area contributed by atoms with Gasteiger partial charge in [-0.15, -0.1) is 0 Å². The maximum atomic E-state index is 13.9. The maximum Gasteiger partial charge on any atom is 0.248 e. The van der Waals surface area contributed by atoms with E-state index >= 15 is 0 Å². The number of fused-ring (bicyclic) bond motifs is 1. The molecule has 0 aliphatic carbocycles. The summed E-state index contributed by atoms with van der Waals surface area (Å²) in [4.78, 5) is 37.4. The molecule has 39 heavy (non-hydrogen) atoms. The highest BCUT2D eigenvalue weighted by atomic mass is 19.1. The van der Waals surface area contributed by atoms with Gasteiger partial charge in [0.15, 0.2) is 0 Å². The largest absolute Gasteiger partial charge is 0.367 e. The second-order valence-corrected chi connectivity index (χ2v) is 12.1. The molecule has 0 saturated carbocycles. The van der Waals surface area contributed by atoms with E-state index in [0.717, 1.165) is 29.1 Å². The summed E-state index contributed by atoms with van der Waals surface area (Å²) in [6.45, 7) is 13.3. The number of rotatable bonds is 6. The molecule has 8 nitrogen and oxygen atoms in total. The van der Waals surface area contributed by atoms with Gasteiger partial charge in [-0.25, -0.2) is 4.39 Å². The predicted octanol–water partition coefficient (Wildman–Crippen LogP) is 2.73. The van der Waals surface area contributed by atoms with Crippen LogP contribution in [0.2, 0.25) is 0 Å². The molecule has 4 atom stereocenters. The van der Waals surface area contributed by atoms with Crippen LogP contribution in [0.1, 0.15) is 51.4 Å². The van der Waals surface area contributed by atoms with Gasteiger partial charge in [0.1, 0.15) is 12.4 Å². The average molecular weight is 538 g/mol. The smallest absolute Gasteiger partial charge is 0.248 e. The topological polar surface area (TPSA) is 78.0 Å². The standard InChI is InChI=1S/C30H40FN5O3/c1-19-14-34(25(13-32-19)15-35-20(2)21(3)39-17-28(35)38)16-27(37)36-18-30(4,5)29-26(36)11-23(12-33-29)10-22-6-8-24(31)9-7-22/h6-9,11-12,19-21,25,32H,10,13-18H2,1-5H3/t19-,20-,21+,25-/m1/s1. The number of amides is 2. The zero-order chi connectivity index (χ0) is 27.9. The molecular weight excluding hydrogens is 497 g/mol. The third kappa shape index (κ3) is 5.85. The quantitative estimate of drug-likeness (QED) is 0.611. The van der Waals surface area contributed by atoms with Crippen molar-refractivity contribution in [3.63, 3.8) is 0 Å². The molecule has 0 bridgehead atoms. The van der Waals surface area contributed by atoms with Crippen molar-refractivity contribution in [1.29, 1.82) is 0 Å². The summed E-state index contributed by atoms with van der Waals surface area (Å²) in [7, 11) is 0. The number of nitrogens with one attached hydrogen (secondary N) is 1. The van der Waals surface area contributed by atoms with Crippen LogP contribution in [0.4, 0.5) is 10.1 Å². The number of ether oxygens (including phenoxy) is 1. The van der Waals surface area contributed by atoms with Crippen LogP contribution in [0.3, 0.4) is 0 Å². The van der Waals surface area contributed by atoms with Crippen molar-refractivity contribution in [1.82, 2.24) is 20.1 Å². The van der Waals surface area contributed by atoms with Crippen LogP contribution >= 0.6 is 0 Å². The van der Waals surface area contributed by atoms with E-state index in [2.05, 4.69) is 37.1 Å². The number of piperazine rings is 1. The van der Waals surface area contributed by atoms with Gasteiger partial charge in [-0.3, -0.25) is 19.5 Å². The summed E-state index contributed by atoms with van der Waals surface area (Å²) in [5.74, 6) is -0.219. The zero-order valence-corrected chi connectivity index (χ0v) is 23.6. The normalized spacial score (nSPS) is 27.1. The first-order valence-corrected chi connectivity index (χ1v) is 13.9. The van der Waals surface area contributed by atoms with Crippen molar-refractivity contribution >= 4 is 17.5 Å². The van der Waals surface area contributed by atoms with E-state index in [9.17, 15) is 14.0 Å². The number of carbonyl (C=O) groups is 2. The molecule has 2 amide bonds. The van der Waals surface area contributed by atoms with Gasteiger partial charge in [-0.05, 0) is 56.5 Å². The number of morpholine rings is 1. The predicted molar refractivity (Wildman–Crippen MR) is 148 cm³/mol. The molecular formula is C30H40FN5O3. The molecule has 210 valence electrons. The number of nitrogens with zero attached hydrogens (tertiary/aromatic N) is 4. The van der Waals surface area contributed by atoms with Gasteiger partial charge in [0.2, 0.25) is 11.8 Å². The Balaban J connectivity index is 1.34. The monoisotopic (exact) mass is 537 g/mol. The second-order valence-electron chi connectivity index (χ2n) is 12.1. The molecule has 2 aromatic rings. The van der Waals surface area contributed by atoms with Gasteiger partial charge >= 0.3 is 0 Å². The molecule has 5 rings (SSSR count). The van der Waals surface area contributed by atoms with Crippen LogP contribution in [0.25, 0.3) is 0 Å². The van der Waals surface area contributed by atoms with E-state index in [1.807, 2.05) is 29.8 Å². The van der Waals surface area contributed by atoms with Gasteiger partial charge in [-0.2, -0.15) is 0 Å². The highest BCUT2D eigenvalue weighted by Gasteiger charge is 2.41. The summed E-state index contributed by atoms with van der Waals surface area (Å²) in [5.41, 5.74) is 3.49. The summed E-state index contributed by atoms with van der Waals surface area (Å²) >= 11 is 0. The third-order valence-corrected chi connectivity index (χ3v) is 8.47. The molecule has 0 unspecified atom stereocenters. The molecule has 1 aromatic carbocycles. The number of hydrogen-bond acceptors (Lipinski definition) is 6. The first-order chi connectivity index (χ1) is 18.5. The number of benzene rings is 1. The van der Waals surface area contributed by atoms with E-state index in [-0.39, 0.29) is 60.4 Å². The van der Waals surface area contributed by atoms with Crippen LogP contribution in [0, 0.1) is 5.82 Å². The van der Waals surface area contributed by atoms with Crippen molar-refractivity contribution < 1.29 is 18.7 Å². The SMILES string of the molecule is C[C@@H]1CN(CC(=O)N2CC(C)(C)c3ncc(Cc4ccc(F)cc4)cc32)[C@@H](CN2C(=O)CO[C@@H](C)[C@H]2C)CN1. The Morgan fingerprint density at radius 1 is 1.18 bits per heavy atom. The molecule has 3 aliphatic heterocycles. The molecule has 2 fully saturated rings. The van der Waals surface area contributed by atoms with Crippen LogP contribution in [-0.2, 0) is 26.2 Å². The average Bonchev–Trinajstić information content (AvgIpc) is 3.17. The van der Waals surface area contributed by atoms with Gasteiger partial charge in [0.25, 0.3) is 0 Å². The molecule has 1 aromatic heterocycles. The van der Waals surface area contributed by atoms with E-state index in [4.69, 9.17) is 9.72 Å². The Hall–Kier alpha value is -2.88. The van der Waals surface area contributed by atoms with E-state index < -0.39 is 0 Å². The molecule has 1 N–H and O–H groups in total. The fourth-order valence-corrected chi connectivity index (χ4v) is 6.00. The highest BCUT2D eigenvalue weighted by molar-refractivity contribution is 5.97. The minimum absolute atomic E-state index is 0.000441. The number of aromatic nitrogens is 1. The van der Waals surface area contributed by atoms with Crippen LogP contribution in [0.15, 0.2) is 36.5 Å². The van der Waals surface area contributed by atoms with Gasteiger partial charge in [0.05, 0.1) is 30.1 Å². The fourth-order valence-electron chi connectivity index (χ4n) is 6.00. The maximum absolute atomic E-state index is 13.9. The summed E-state index contributed by atoms with van der Waals surface area (Å²) in [6, 6.07) is 8.81. The number of halogens is 1. The van der Waals surface area contributed by atoms with Gasteiger partial charge < -0.3 is 19.9 Å². The molecule has 9 heteroatoms. The van der Waals surface area contributed by atoms with Crippen molar-refractivity contribution in [3.05, 3.63) is 59.2 Å². The van der Waals surface area contributed by atoms with Crippen LogP contribution < -0.4 is 10.2 Å². The lowest BCUT2D eigenvalue weighted by atomic mass is 9.91. The molecule has 3 aliphatic rings. The fraction of sp³-hybridized carbons (Fsp3) is 0.567. The van der Waals surface area contributed by atoms with Gasteiger partial charge in [-0.1, -0.05) is 26.0 Å². The first kappa shape index (κ1) is 27.7. The Kier molecular flexibility index (Phi) is 7.77. The van der Waals surface area contributed by atoms with Crippen molar-refractivity contribution in [2.45, 2.75) is 70.7 Å². The van der Waals surface area contributed by atoms with Crippen molar-refractivity contribution in [3.8, 4) is 0 Å². The van der Waals surface area contributed by atoms with E-state index in [1.54, 1.807) is 12.1 Å². The van der Waals surface area contributed by atoms with E-state index in [1.165, 1.54) is 12.1 Å². The number of pyridine rings is 1. The molecule has 2 saturated heterocycles. The third-order valence-electron chi connectivity index (χ3n) is 8.47. The van der Waals surface area contributed by atoms with Crippen molar-refractivity contribution in [2.75, 3.05) is 44.2 Å². The number of carbonyl (C=O) groups excluding carboxylic acids is 2. The van der Waals surface area contributed by atoms with E-state index in [0.29, 0.717) is 26.1 Å². The number of anilines is 1. The second kappa shape index (κ2) is 10.9. The molecule has 0 spiro atoms. The Labute approximate surface area is 230 Å². The number of hydrogen-bond donors (Lipinski definition) is 1. The summed E-state index contributed by atoms with van der Waals surface area (Å²) < 4.78 is 19.0. The van der Waals surface area contributed by atoms with Crippen molar-refractivity contribution in [2.24, 2.45) is 0 Å². The minimum atomic E-state index is -0.263. The lowest BCUT2D eigenvalue weighted by Gasteiger charge is -2.45. The minimum Gasteiger partial charge on any atom is -0.367 e. The zero-order valence-electron chi connectivity index (χ0n) is 23.6. The van der Waals surface area contributed by atoms with Crippen LogP contribution in [0.5, 0.6) is 0 Å². The molecule has 4 heterocycles.